The van der Waals surface area contributed by atoms with Crippen LogP contribution in [0.15, 0.2) is 24.5 Å². The molecular weight excluding hydrogens is 212 g/mol. The van der Waals surface area contributed by atoms with Gasteiger partial charge in [-0.2, -0.15) is 0 Å². The van der Waals surface area contributed by atoms with Crippen LogP contribution in [0.5, 0.6) is 0 Å². The average Bonchev–Trinajstić information content (AvgIpc) is 2.31. The first-order chi connectivity index (χ1) is 8.26. The molecule has 0 aliphatic carbocycles. The Labute approximate surface area is 105 Å². The maximum Gasteiger partial charge on any atom is 0.0488 e. The molecule has 3 nitrogen and oxygen atoms in total. The molecule has 1 N–H and O–H groups in total. The highest BCUT2D eigenvalue weighted by atomic mass is 16.5. The largest absolute Gasteiger partial charge is 0.384 e. The molecule has 96 valence electrons. The van der Waals surface area contributed by atoms with Crippen LogP contribution in [0.25, 0.3) is 0 Å². The Morgan fingerprint density at radius 3 is 2.88 bits per heavy atom. The van der Waals surface area contributed by atoms with Crippen LogP contribution in [-0.2, 0) is 11.2 Å². The van der Waals surface area contributed by atoms with Crippen LogP contribution in [0.2, 0.25) is 0 Å². The number of methoxy groups -OCH3 is 1. The van der Waals surface area contributed by atoms with Gasteiger partial charge < -0.3 is 10.1 Å². The van der Waals surface area contributed by atoms with Gasteiger partial charge in [-0.15, -0.1) is 0 Å². The van der Waals surface area contributed by atoms with Crippen molar-refractivity contribution in [2.75, 3.05) is 20.3 Å². The summed E-state index contributed by atoms with van der Waals surface area (Å²) in [6, 6.07) is 4.64. The first-order valence-corrected chi connectivity index (χ1v) is 6.37. The average molecular weight is 236 g/mol. The Hall–Kier alpha value is -0.930. The van der Waals surface area contributed by atoms with E-state index in [0.29, 0.717) is 12.0 Å². The minimum atomic E-state index is 0.509. The molecule has 0 bridgehead atoms. The third kappa shape index (κ3) is 5.80. The van der Waals surface area contributed by atoms with Crippen molar-refractivity contribution in [3.05, 3.63) is 30.1 Å². The normalized spacial score (nSPS) is 14.5. The lowest BCUT2D eigenvalue weighted by atomic mass is 9.97. The zero-order chi connectivity index (χ0) is 12.5. The molecule has 3 heteroatoms. The molecule has 0 amide bonds. The van der Waals surface area contributed by atoms with Crippen molar-refractivity contribution in [3.8, 4) is 0 Å². The molecule has 1 aromatic heterocycles. The first kappa shape index (κ1) is 14.1. The second-order valence-corrected chi connectivity index (χ2v) is 4.62. The van der Waals surface area contributed by atoms with Crippen molar-refractivity contribution in [2.45, 2.75) is 32.7 Å². The molecule has 0 aliphatic heterocycles. The topological polar surface area (TPSA) is 34.2 Å². The SMILES string of the molecule is CCNC(Cc1cccnc1)CC(C)COC. The molecule has 1 heterocycles. The van der Waals surface area contributed by atoms with Crippen molar-refractivity contribution in [3.63, 3.8) is 0 Å². The molecule has 1 rings (SSSR count). The van der Waals surface area contributed by atoms with E-state index in [2.05, 4.69) is 30.2 Å². The van der Waals surface area contributed by atoms with E-state index >= 15 is 0 Å². The van der Waals surface area contributed by atoms with Crippen molar-refractivity contribution in [1.82, 2.24) is 10.3 Å². The monoisotopic (exact) mass is 236 g/mol. The number of nitrogens with zero attached hydrogens (tertiary/aromatic N) is 1. The zero-order valence-electron chi connectivity index (χ0n) is 11.1. The summed E-state index contributed by atoms with van der Waals surface area (Å²) in [6.45, 7) is 6.22. The van der Waals surface area contributed by atoms with E-state index in [1.54, 1.807) is 7.11 Å². The number of ether oxygens (including phenoxy) is 1. The molecule has 0 fully saturated rings. The third-order valence-corrected chi connectivity index (χ3v) is 2.84. The number of rotatable bonds is 8. The standard InChI is InChI=1S/C14H24N2O/c1-4-16-14(8-12(2)11-17-3)9-13-6-5-7-15-10-13/h5-7,10,12,14,16H,4,8-9,11H2,1-3H3. The Kier molecular flexibility index (Phi) is 6.82. The lowest BCUT2D eigenvalue weighted by Crippen LogP contribution is -2.33. The molecule has 1 aromatic rings. The molecule has 2 atom stereocenters. The zero-order valence-corrected chi connectivity index (χ0v) is 11.1. The van der Waals surface area contributed by atoms with E-state index in [4.69, 9.17) is 4.74 Å². The van der Waals surface area contributed by atoms with Crippen molar-refractivity contribution >= 4 is 0 Å². The van der Waals surface area contributed by atoms with Crippen LogP contribution in [-0.4, -0.2) is 31.3 Å². The number of nitrogens with one attached hydrogen (secondary N) is 1. The number of aromatic nitrogens is 1. The summed E-state index contributed by atoms with van der Waals surface area (Å²) in [5.41, 5.74) is 1.29. The van der Waals surface area contributed by atoms with Crippen molar-refractivity contribution in [2.24, 2.45) is 5.92 Å². The van der Waals surface area contributed by atoms with Gasteiger partial charge in [0.15, 0.2) is 0 Å². The molecule has 0 spiro atoms. The lowest BCUT2D eigenvalue weighted by Gasteiger charge is -2.21. The molecule has 0 saturated heterocycles. The van der Waals surface area contributed by atoms with Crippen LogP contribution in [0, 0.1) is 5.92 Å². The van der Waals surface area contributed by atoms with Gasteiger partial charge in [0.1, 0.15) is 0 Å². The number of pyridine rings is 1. The van der Waals surface area contributed by atoms with Crippen LogP contribution >= 0.6 is 0 Å². The van der Waals surface area contributed by atoms with Gasteiger partial charge in [-0.1, -0.05) is 19.9 Å². The van der Waals surface area contributed by atoms with Crippen LogP contribution < -0.4 is 5.32 Å². The number of hydrogen-bond donors (Lipinski definition) is 1. The third-order valence-electron chi connectivity index (χ3n) is 2.84. The Bertz CT molecular complexity index is 290. The van der Waals surface area contributed by atoms with Crippen molar-refractivity contribution in [1.29, 1.82) is 0 Å². The second-order valence-electron chi connectivity index (χ2n) is 4.62. The van der Waals surface area contributed by atoms with Gasteiger partial charge in [-0.05, 0) is 36.9 Å². The van der Waals surface area contributed by atoms with E-state index in [1.165, 1.54) is 5.56 Å². The Morgan fingerprint density at radius 1 is 1.47 bits per heavy atom. The summed E-state index contributed by atoms with van der Waals surface area (Å²) < 4.78 is 5.19. The van der Waals surface area contributed by atoms with E-state index in [-0.39, 0.29) is 0 Å². The summed E-state index contributed by atoms with van der Waals surface area (Å²) in [4.78, 5) is 4.16. The van der Waals surface area contributed by atoms with Gasteiger partial charge >= 0.3 is 0 Å². The fourth-order valence-corrected chi connectivity index (χ4v) is 2.17. The molecule has 0 saturated carbocycles. The molecule has 0 radical (unpaired) electrons. The van der Waals surface area contributed by atoms with Gasteiger partial charge in [0.05, 0.1) is 0 Å². The minimum Gasteiger partial charge on any atom is -0.384 e. The van der Waals surface area contributed by atoms with Gasteiger partial charge in [-0.25, -0.2) is 0 Å². The molecule has 2 unspecified atom stereocenters. The summed E-state index contributed by atoms with van der Waals surface area (Å²) in [6.07, 6.45) is 5.94. The summed E-state index contributed by atoms with van der Waals surface area (Å²) >= 11 is 0. The molecule has 0 aromatic carbocycles. The second kappa shape index (κ2) is 8.20. The van der Waals surface area contributed by atoms with Gasteiger partial charge in [0.25, 0.3) is 0 Å². The van der Waals surface area contributed by atoms with E-state index in [1.807, 2.05) is 18.5 Å². The highest BCUT2D eigenvalue weighted by Gasteiger charge is 2.12. The van der Waals surface area contributed by atoms with Crippen LogP contribution in [0.1, 0.15) is 25.8 Å². The van der Waals surface area contributed by atoms with Crippen molar-refractivity contribution < 1.29 is 4.74 Å². The van der Waals surface area contributed by atoms with E-state index in [0.717, 1.165) is 26.0 Å². The maximum atomic E-state index is 5.19. The summed E-state index contributed by atoms with van der Waals surface area (Å²) in [5, 5.41) is 3.54. The number of likely N-dealkylation sites (N-methyl/N-ethyl adjacent to an activating group) is 1. The fourth-order valence-electron chi connectivity index (χ4n) is 2.17. The minimum absolute atomic E-state index is 0.509. The van der Waals surface area contributed by atoms with Crippen LogP contribution in [0.4, 0.5) is 0 Å². The van der Waals surface area contributed by atoms with Crippen LogP contribution in [0.3, 0.4) is 0 Å². The summed E-state index contributed by atoms with van der Waals surface area (Å²) in [7, 11) is 1.76. The maximum absolute atomic E-state index is 5.19. The quantitative estimate of drug-likeness (QED) is 0.752. The van der Waals surface area contributed by atoms with E-state index < -0.39 is 0 Å². The Balaban J connectivity index is 2.48. The first-order valence-electron chi connectivity index (χ1n) is 6.37. The predicted octanol–water partition coefficient (Wildman–Crippen LogP) is 2.27. The molecule has 0 aliphatic rings. The smallest absolute Gasteiger partial charge is 0.0488 e. The van der Waals surface area contributed by atoms with Gasteiger partial charge in [0.2, 0.25) is 0 Å². The summed E-state index contributed by atoms with van der Waals surface area (Å²) in [5.74, 6) is 0.584. The van der Waals surface area contributed by atoms with Gasteiger partial charge in [-0.3, -0.25) is 4.98 Å². The predicted molar refractivity (Wildman–Crippen MR) is 71.1 cm³/mol. The molecular formula is C14H24N2O. The fraction of sp³-hybridized carbons (Fsp3) is 0.643. The Morgan fingerprint density at radius 2 is 2.29 bits per heavy atom. The van der Waals surface area contributed by atoms with E-state index in [9.17, 15) is 0 Å². The highest BCUT2D eigenvalue weighted by Crippen LogP contribution is 2.11. The lowest BCUT2D eigenvalue weighted by molar-refractivity contribution is 0.149. The number of hydrogen-bond acceptors (Lipinski definition) is 3. The molecule has 17 heavy (non-hydrogen) atoms. The highest BCUT2D eigenvalue weighted by molar-refractivity contribution is 5.10. The van der Waals surface area contributed by atoms with Gasteiger partial charge in [0, 0.05) is 32.2 Å².